The molecule has 0 aliphatic carbocycles. The summed E-state index contributed by atoms with van der Waals surface area (Å²) in [5.41, 5.74) is 6.42. The Morgan fingerprint density at radius 1 is 1.37 bits per heavy atom. The number of nitrogens with two attached hydrogens (primary N) is 1. The Balaban J connectivity index is 2.30. The molecule has 0 saturated heterocycles. The Hall–Kier alpha value is -1.24. The lowest BCUT2D eigenvalue weighted by Crippen LogP contribution is -2.30. The molecule has 0 aliphatic heterocycles. The summed E-state index contributed by atoms with van der Waals surface area (Å²) >= 11 is 3.58. The van der Waals surface area contributed by atoms with Gasteiger partial charge in [0.2, 0.25) is 0 Å². The quantitative estimate of drug-likeness (QED) is 0.666. The molecule has 19 heavy (non-hydrogen) atoms. The van der Waals surface area contributed by atoms with Crippen molar-refractivity contribution in [3.63, 3.8) is 0 Å². The molecule has 0 radical (unpaired) electrons. The molecule has 0 fully saturated rings. The lowest BCUT2D eigenvalue weighted by molar-refractivity contribution is 0.522. The van der Waals surface area contributed by atoms with Crippen LogP contribution in [0.3, 0.4) is 0 Å². The maximum Gasteiger partial charge on any atom is 0.138 e. The van der Waals surface area contributed by atoms with Gasteiger partial charge in [0.05, 0.1) is 6.04 Å². The van der Waals surface area contributed by atoms with Crippen molar-refractivity contribution in [3.8, 4) is 0 Å². The van der Waals surface area contributed by atoms with E-state index < -0.39 is 0 Å². The van der Waals surface area contributed by atoms with E-state index in [2.05, 4.69) is 57.4 Å². The first-order valence-electron chi connectivity index (χ1n) is 6.08. The minimum atomic E-state index is 0.0217. The Kier molecular flexibility index (Phi) is 4.34. The second kappa shape index (κ2) is 5.81. The number of hydrogen-bond acceptors (Lipinski definition) is 4. The van der Waals surface area contributed by atoms with Gasteiger partial charge in [-0.25, -0.2) is 4.98 Å². The van der Waals surface area contributed by atoms with Gasteiger partial charge in [0, 0.05) is 17.9 Å². The third-order valence-electron chi connectivity index (χ3n) is 3.25. The van der Waals surface area contributed by atoms with Crippen LogP contribution in [-0.2, 0) is 13.5 Å². The average molecular weight is 324 g/mol. The van der Waals surface area contributed by atoms with Gasteiger partial charge in [-0.05, 0) is 30.5 Å². The lowest BCUT2D eigenvalue weighted by atomic mass is 9.99. The third-order valence-corrected chi connectivity index (χ3v) is 4.51. The van der Waals surface area contributed by atoms with E-state index >= 15 is 0 Å². The van der Waals surface area contributed by atoms with Gasteiger partial charge in [-0.2, -0.15) is 5.10 Å². The molecule has 1 unspecified atom stereocenters. The maximum atomic E-state index is 5.69. The highest BCUT2D eigenvalue weighted by Crippen LogP contribution is 2.26. The molecule has 3 N–H and O–H groups in total. The summed E-state index contributed by atoms with van der Waals surface area (Å²) in [5, 5.41) is 4.08. The number of hydrazine groups is 1. The van der Waals surface area contributed by atoms with Crippen LogP contribution in [0.15, 0.2) is 22.9 Å². The van der Waals surface area contributed by atoms with E-state index in [-0.39, 0.29) is 6.04 Å². The first kappa shape index (κ1) is 14.2. The van der Waals surface area contributed by atoms with E-state index in [1.807, 2.05) is 7.05 Å². The molecule has 5 nitrogen and oxygen atoms in total. The fourth-order valence-corrected chi connectivity index (χ4v) is 2.37. The fraction of sp³-hybridized carbons (Fsp3) is 0.385. The molecule has 6 heteroatoms. The molecule has 2 aromatic rings. The molecule has 0 aliphatic rings. The summed E-state index contributed by atoms with van der Waals surface area (Å²) in [4.78, 5) is 4.24. The van der Waals surface area contributed by atoms with Crippen molar-refractivity contribution in [2.24, 2.45) is 12.9 Å². The van der Waals surface area contributed by atoms with E-state index in [9.17, 15) is 0 Å². The smallest absolute Gasteiger partial charge is 0.138 e. The number of aromatic nitrogens is 3. The van der Waals surface area contributed by atoms with Crippen LogP contribution >= 0.6 is 15.9 Å². The predicted molar refractivity (Wildman–Crippen MR) is 78.4 cm³/mol. The molecule has 102 valence electrons. The summed E-state index contributed by atoms with van der Waals surface area (Å²) < 4.78 is 2.91. The summed E-state index contributed by atoms with van der Waals surface area (Å²) in [6.07, 6.45) is 2.26. The highest BCUT2D eigenvalue weighted by Gasteiger charge is 2.15. The number of benzene rings is 1. The van der Waals surface area contributed by atoms with Crippen molar-refractivity contribution in [1.82, 2.24) is 20.2 Å². The highest BCUT2D eigenvalue weighted by molar-refractivity contribution is 9.10. The molecule has 0 bridgehead atoms. The molecular weight excluding hydrogens is 306 g/mol. The Labute approximate surface area is 121 Å². The summed E-state index contributed by atoms with van der Waals surface area (Å²) in [5.74, 6) is 6.59. The van der Waals surface area contributed by atoms with Gasteiger partial charge in [-0.1, -0.05) is 28.1 Å². The summed E-state index contributed by atoms with van der Waals surface area (Å²) in [7, 11) is 1.88. The van der Waals surface area contributed by atoms with Crippen molar-refractivity contribution in [2.45, 2.75) is 26.3 Å². The number of nitrogens with one attached hydrogen (secondary N) is 1. The first-order valence-corrected chi connectivity index (χ1v) is 6.88. The Morgan fingerprint density at radius 3 is 2.47 bits per heavy atom. The topological polar surface area (TPSA) is 68.8 Å². The summed E-state index contributed by atoms with van der Waals surface area (Å²) in [6, 6.07) is 4.30. The van der Waals surface area contributed by atoms with E-state index in [1.165, 1.54) is 11.1 Å². The van der Waals surface area contributed by atoms with Crippen LogP contribution < -0.4 is 11.3 Å². The fourth-order valence-electron chi connectivity index (χ4n) is 2.14. The van der Waals surface area contributed by atoms with E-state index in [4.69, 9.17) is 5.84 Å². The minimum absolute atomic E-state index is 0.0217. The van der Waals surface area contributed by atoms with Gasteiger partial charge in [-0.3, -0.25) is 16.0 Å². The number of nitrogens with zero attached hydrogens (tertiary/aromatic N) is 3. The van der Waals surface area contributed by atoms with E-state index in [0.29, 0.717) is 6.42 Å². The standard InChI is InChI=1S/C13H18BrN5/c1-8-4-10(5-9(2)13(8)14)11(18-15)6-12-16-7-17-19(12)3/h4-5,7,11,18H,6,15H2,1-3H3. The predicted octanol–water partition coefficient (Wildman–Crippen LogP) is 1.94. The second-order valence-electron chi connectivity index (χ2n) is 4.69. The SMILES string of the molecule is Cc1cc(C(Cc2ncnn2C)NN)cc(C)c1Br. The van der Waals surface area contributed by atoms with Crippen molar-refractivity contribution < 1.29 is 0 Å². The molecular formula is C13H18BrN5. The van der Waals surface area contributed by atoms with Crippen LogP contribution in [0.1, 0.15) is 28.6 Å². The lowest BCUT2D eigenvalue weighted by Gasteiger charge is -2.18. The minimum Gasteiger partial charge on any atom is -0.271 e. The van der Waals surface area contributed by atoms with Gasteiger partial charge in [0.15, 0.2) is 0 Å². The Bertz CT molecular complexity index is 555. The molecule has 0 amide bonds. The monoisotopic (exact) mass is 323 g/mol. The zero-order valence-electron chi connectivity index (χ0n) is 11.3. The van der Waals surface area contributed by atoms with Gasteiger partial charge in [-0.15, -0.1) is 0 Å². The number of halogens is 1. The normalized spacial score (nSPS) is 12.7. The largest absolute Gasteiger partial charge is 0.271 e. The third kappa shape index (κ3) is 3.02. The van der Waals surface area contributed by atoms with Crippen molar-refractivity contribution in [1.29, 1.82) is 0 Å². The molecule has 1 atom stereocenters. The van der Waals surface area contributed by atoms with Crippen molar-refractivity contribution >= 4 is 15.9 Å². The Morgan fingerprint density at radius 2 is 2.00 bits per heavy atom. The molecule has 1 heterocycles. The second-order valence-corrected chi connectivity index (χ2v) is 5.48. The molecule has 1 aromatic carbocycles. The van der Waals surface area contributed by atoms with Crippen LogP contribution in [0.2, 0.25) is 0 Å². The van der Waals surface area contributed by atoms with Crippen LogP contribution in [0.25, 0.3) is 0 Å². The molecule has 0 saturated carbocycles. The summed E-state index contributed by atoms with van der Waals surface area (Å²) in [6.45, 7) is 4.16. The molecule has 1 aromatic heterocycles. The molecule has 0 spiro atoms. The molecule has 2 rings (SSSR count). The van der Waals surface area contributed by atoms with Crippen LogP contribution in [0.5, 0.6) is 0 Å². The van der Waals surface area contributed by atoms with Gasteiger partial charge < -0.3 is 0 Å². The van der Waals surface area contributed by atoms with Crippen molar-refractivity contribution in [2.75, 3.05) is 0 Å². The van der Waals surface area contributed by atoms with E-state index in [1.54, 1.807) is 11.0 Å². The van der Waals surface area contributed by atoms with Crippen LogP contribution in [0.4, 0.5) is 0 Å². The van der Waals surface area contributed by atoms with Gasteiger partial charge in [0.25, 0.3) is 0 Å². The van der Waals surface area contributed by atoms with Crippen LogP contribution in [0, 0.1) is 13.8 Å². The van der Waals surface area contributed by atoms with Crippen LogP contribution in [-0.4, -0.2) is 14.8 Å². The number of aryl methyl sites for hydroxylation is 3. The van der Waals surface area contributed by atoms with Gasteiger partial charge >= 0.3 is 0 Å². The first-order chi connectivity index (χ1) is 9.02. The van der Waals surface area contributed by atoms with Gasteiger partial charge in [0.1, 0.15) is 12.2 Å². The number of hydrogen-bond donors (Lipinski definition) is 2. The zero-order valence-corrected chi connectivity index (χ0v) is 12.9. The van der Waals surface area contributed by atoms with E-state index in [0.717, 1.165) is 15.9 Å². The maximum absolute atomic E-state index is 5.69. The zero-order chi connectivity index (χ0) is 14.0. The number of rotatable bonds is 4. The highest BCUT2D eigenvalue weighted by atomic mass is 79.9. The van der Waals surface area contributed by atoms with Crippen molar-refractivity contribution in [3.05, 3.63) is 45.4 Å². The average Bonchev–Trinajstić information content (AvgIpc) is 2.78.